The van der Waals surface area contributed by atoms with Gasteiger partial charge in [0.1, 0.15) is 0 Å². The van der Waals surface area contributed by atoms with E-state index < -0.39 is 0 Å². The number of thioether (sulfide) groups is 2. The van der Waals surface area contributed by atoms with Gasteiger partial charge in [0.15, 0.2) is 0 Å². The van der Waals surface area contributed by atoms with Crippen molar-refractivity contribution in [2.75, 3.05) is 22.1 Å². The van der Waals surface area contributed by atoms with Crippen molar-refractivity contribution >= 4 is 57.7 Å². The fourth-order valence-corrected chi connectivity index (χ4v) is 4.44. The number of amides is 2. The van der Waals surface area contributed by atoms with E-state index in [0.29, 0.717) is 22.4 Å². The molecule has 1 aromatic heterocycles. The largest absolute Gasteiger partial charge is 0.326 e. The summed E-state index contributed by atoms with van der Waals surface area (Å²) in [6, 6.07) is 17.1. The molecule has 9 heteroatoms. The Bertz CT molecular complexity index is 963. The number of nitrogens with one attached hydrogen (secondary N) is 2. The SMILES string of the molecule is CCSc1nsc(NC(=O)CSc2cccc(NC(=O)Cc3ccccc3)c2)n1. The highest BCUT2D eigenvalue weighted by Crippen LogP contribution is 2.23. The molecular formula is C20H20N4O2S3. The number of carbonyl (C=O) groups is 2. The third-order valence-electron chi connectivity index (χ3n) is 3.62. The molecule has 0 spiro atoms. The number of anilines is 2. The number of nitrogens with zero attached hydrogens (tertiary/aromatic N) is 2. The van der Waals surface area contributed by atoms with E-state index in [1.54, 1.807) is 0 Å². The molecule has 6 nitrogen and oxygen atoms in total. The Labute approximate surface area is 182 Å². The van der Waals surface area contributed by atoms with Gasteiger partial charge in [0.05, 0.1) is 12.2 Å². The van der Waals surface area contributed by atoms with E-state index in [4.69, 9.17) is 0 Å². The maximum atomic E-state index is 12.2. The molecule has 3 rings (SSSR count). The zero-order valence-corrected chi connectivity index (χ0v) is 18.2. The number of hydrogen-bond acceptors (Lipinski definition) is 7. The van der Waals surface area contributed by atoms with Gasteiger partial charge in [-0.3, -0.25) is 14.9 Å². The van der Waals surface area contributed by atoms with Gasteiger partial charge in [-0.2, -0.15) is 9.36 Å². The van der Waals surface area contributed by atoms with Crippen LogP contribution in [0.25, 0.3) is 0 Å². The Kier molecular flexibility index (Phi) is 8.09. The van der Waals surface area contributed by atoms with E-state index in [-0.39, 0.29) is 17.6 Å². The molecule has 0 aliphatic rings. The molecule has 0 fully saturated rings. The first-order chi connectivity index (χ1) is 14.1. The second kappa shape index (κ2) is 11.0. The summed E-state index contributed by atoms with van der Waals surface area (Å²) >= 11 is 4.11. The molecule has 0 radical (unpaired) electrons. The first-order valence-electron chi connectivity index (χ1n) is 8.95. The molecule has 2 N–H and O–H groups in total. The smallest absolute Gasteiger partial charge is 0.236 e. The van der Waals surface area contributed by atoms with E-state index in [1.165, 1.54) is 35.1 Å². The van der Waals surface area contributed by atoms with Crippen molar-refractivity contribution in [1.82, 2.24) is 9.36 Å². The second-order valence-electron chi connectivity index (χ2n) is 5.89. The van der Waals surface area contributed by atoms with Crippen LogP contribution in [0.5, 0.6) is 0 Å². The van der Waals surface area contributed by atoms with Gasteiger partial charge in [-0.1, -0.05) is 55.1 Å². The lowest BCUT2D eigenvalue weighted by atomic mass is 10.1. The minimum atomic E-state index is -0.141. The Balaban J connectivity index is 1.48. The van der Waals surface area contributed by atoms with Crippen LogP contribution in [0.15, 0.2) is 64.6 Å². The Morgan fingerprint density at radius 3 is 2.62 bits per heavy atom. The Morgan fingerprint density at radius 2 is 1.83 bits per heavy atom. The lowest BCUT2D eigenvalue weighted by Gasteiger charge is -2.07. The summed E-state index contributed by atoms with van der Waals surface area (Å²) in [4.78, 5) is 29.5. The zero-order valence-electron chi connectivity index (χ0n) is 15.8. The van der Waals surface area contributed by atoms with Crippen molar-refractivity contribution in [2.45, 2.75) is 23.4 Å². The summed E-state index contributed by atoms with van der Waals surface area (Å²) in [5.41, 5.74) is 1.67. The van der Waals surface area contributed by atoms with Gasteiger partial charge in [-0.05, 0) is 29.5 Å². The summed E-state index contributed by atoms with van der Waals surface area (Å²) in [6.45, 7) is 2.03. The fraction of sp³-hybridized carbons (Fsp3) is 0.200. The third-order valence-corrected chi connectivity index (χ3v) is 6.09. The van der Waals surface area contributed by atoms with E-state index in [1.807, 2.05) is 61.5 Å². The van der Waals surface area contributed by atoms with Crippen molar-refractivity contribution in [3.05, 3.63) is 60.2 Å². The molecule has 2 aromatic carbocycles. The number of carbonyl (C=O) groups excluding carboxylic acids is 2. The molecule has 0 atom stereocenters. The highest BCUT2D eigenvalue weighted by Gasteiger charge is 2.10. The molecule has 0 aliphatic heterocycles. The zero-order chi connectivity index (χ0) is 20.5. The Morgan fingerprint density at radius 1 is 1.00 bits per heavy atom. The van der Waals surface area contributed by atoms with Gasteiger partial charge < -0.3 is 5.32 Å². The van der Waals surface area contributed by atoms with Gasteiger partial charge in [-0.25, -0.2) is 0 Å². The van der Waals surface area contributed by atoms with Crippen molar-refractivity contribution < 1.29 is 9.59 Å². The van der Waals surface area contributed by atoms with Gasteiger partial charge in [0, 0.05) is 22.1 Å². The number of hydrogen-bond donors (Lipinski definition) is 2. The Hall–Kier alpha value is -2.36. The average molecular weight is 445 g/mol. The van der Waals surface area contributed by atoms with Crippen LogP contribution in [0.2, 0.25) is 0 Å². The fourth-order valence-electron chi connectivity index (χ4n) is 2.40. The van der Waals surface area contributed by atoms with Gasteiger partial charge in [0.25, 0.3) is 0 Å². The monoisotopic (exact) mass is 444 g/mol. The number of benzene rings is 2. The molecule has 3 aromatic rings. The molecule has 0 aliphatic carbocycles. The van der Waals surface area contributed by atoms with Crippen molar-refractivity contribution in [3.8, 4) is 0 Å². The van der Waals surface area contributed by atoms with E-state index >= 15 is 0 Å². The van der Waals surface area contributed by atoms with Gasteiger partial charge >= 0.3 is 0 Å². The maximum Gasteiger partial charge on any atom is 0.236 e. The summed E-state index contributed by atoms with van der Waals surface area (Å²) < 4.78 is 4.18. The molecule has 0 unspecified atom stereocenters. The number of aromatic nitrogens is 2. The second-order valence-corrected chi connectivity index (χ2v) is 8.92. The molecule has 0 saturated carbocycles. The van der Waals surface area contributed by atoms with Crippen LogP contribution >= 0.6 is 35.1 Å². The molecule has 0 saturated heterocycles. The summed E-state index contributed by atoms with van der Waals surface area (Å²) in [6.07, 6.45) is 0.320. The normalized spacial score (nSPS) is 10.5. The van der Waals surface area contributed by atoms with Crippen LogP contribution in [-0.2, 0) is 16.0 Å². The van der Waals surface area contributed by atoms with Crippen LogP contribution in [0, 0.1) is 0 Å². The van der Waals surface area contributed by atoms with Crippen LogP contribution in [0.1, 0.15) is 12.5 Å². The highest BCUT2D eigenvalue weighted by molar-refractivity contribution is 8.00. The molecular weight excluding hydrogens is 424 g/mol. The first kappa shape index (κ1) is 21.4. The van der Waals surface area contributed by atoms with Crippen molar-refractivity contribution in [2.24, 2.45) is 0 Å². The lowest BCUT2D eigenvalue weighted by Crippen LogP contribution is -2.14. The van der Waals surface area contributed by atoms with E-state index in [0.717, 1.165) is 16.2 Å². The van der Waals surface area contributed by atoms with Crippen LogP contribution in [0.4, 0.5) is 10.8 Å². The maximum absolute atomic E-state index is 12.2. The molecule has 2 amide bonds. The van der Waals surface area contributed by atoms with Gasteiger partial charge in [0.2, 0.25) is 22.1 Å². The molecule has 29 heavy (non-hydrogen) atoms. The van der Waals surface area contributed by atoms with E-state index in [2.05, 4.69) is 20.0 Å². The standard InChI is InChI=1S/C20H20N4O2S3/c1-2-27-20-23-19(29-24-20)22-18(26)13-28-16-10-6-9-15(12-16)21-17(25)11-14-7-4-3-5-8-14/h3-10,12H,2,11,13H2,1H3,(H,21,25)(H,22,23,24,26). The van der Waals surface area contributed by atoms with E-state index in [9.17, 15) is 9.59 Å². The molecule has 0 bridgehead atoms. The summed E-state index contributed by atoms with van der Waals surface area (Å²) in [5.74, 6) is 0.918. The van der Waals surface area contributed by atoms with Crippen LogP contribution in [-0.4, -0.2) is 32.7 Å². The van der Waals surface area contributed by atoms with Crippen molar-refractivity contribution in [1.29, 1.82) is 0 Å². The minimum Gasteiger partial charge on any atom is -0.326 e. The van der Waals surface area contributed by atoms with Crippen molar-refractivity contribution in [3.63, 3.8) is 0 Å². The predicted molar refractivity (Wildman–Crippen MR) is 121 cm³/mol. The highest BCUT2D eigenvalue weighted by atomic mass is 32.2. The summed E-state index contributed by atoms with van der Waals surface area (Å²) in [5, 5.41) is 6.86. The van der Waals surface area contributed by atoms with Crippen LogP contribution in [0.3, 0.4) is 0 Å². The quantitative estimate of drug-likeness (QED) is 0.471. The lowest BCUT2D eigenvalue weighted by molar-refractivity contribution is -0.115. The predicted octanol–water partition coefficient (Wildman–Crippen LogP) is 4.56. The third kappa shape index (κ3) is 7.19. The van der Waals surface area contributed by atoms with Gasteiger partial charge in [-0.15, -0.1) is 11.8 Å². The number of rotatable bonds is 9. The molecule has 150 valence electrons. The minimum absolute atomic E-state index is 0.0758. The first-order valence-corrected chi connectivity index (χ1v) is 11.7. The van der Waals surface area contributed by atoms with Crippen LogP contribution < -0.4 is 10.6 Å². The molecule has 1 heterocycles. The average Bonchev–Trinajstić information content (AvgIpc) is 3.14. The topological polar surface area (TPSA) is 84.0 Å². The summed E-state index contributed by atoms with van der Waals surface area (Å²) in [7, 11) is 0.